The summed E-state index contributed by atoms with van der Waals surface area (Å²) in [5.41, 5.74) is 0. The highest BCUT2D eigenvalue weighted by molar-refractivity contribution is 6.17. The van der Waals surface area contributed by atoms with Crippen molar-refractivity contribution in [3.63, 3.8) is 0 Å². The van der Waals surface area contributed by atoms with Crippen LogP contribution in [0.5, 0.6) is 0 Å². The van der Waals surface area contributed by atoms with Crippen LogP contribution in [-0.4, -0.2) is 5.88 Å². The lowest BCUT2D eigenvalue weighted by Crippen LogP contribution is -1.83. The zero-order valence-electron chi connectivity index (χ0n) is 15.3. The van der Waals surface area contributed by atoms with Crippen LogP contribution >= 0.6 is 11.6 Å². The predicted molar refractivity (Wildman–Crippen MR) is 104 cm³/mol. The Hall–Kier alpha value is 0.0300. The topological polar surface area (TPSA) is 0 Å². The van der Waals surface area contributed by atoms with Crippen LogP contribution in [-0.2, 0) is 0 Å². The average molecular weight is 329 g/mol. The largest absolute Gasteiger partial charge is 0.127 e. The summed E-state index contributed by atoms with van der Waals surface area (Å²) < 4.78 is 0. The average Bonchev–Trinajstić information content (AvgIpc) is 2.54. The van der Waals surface area contributed by atoms with E-state index >= 15 is 0 Å². The lowest BCUT2D eigenvalue weighted by molar-refractivity contribution is 0.536. The molecule has 0 heterocycles. The molecule has 0 atom stereocenters. The van der Waals surface area contributed by atoms with Gasteiger partial charge in [0, 0.05) is 5.88 Å². The van der Waals surface area contributed by atoms with Gasteiger partial charge in [-0.1, -0.05) is 103 Å². The predicted octanol–water partition coefficient (Wildman–Crippen LogP) is 8.43. The molecule has 0 radical (unpaired) electrons. The second-order valence-corrected chi connectivity index (χ2v) is 7.07. The van der Waals surface area contributed by atoms with E-state index in [1.54, 1.807) is 0 Å². The van der Waals surface area contributed by atoms with Crippen LogP contribution in [0.2, 0.25) is 0 Å². The maximum absolute atomic E-state index is 5.64. The van der Waals surface area contributed by atoms with Crippen LogP contribution in [0.4, 0.5) is 0 Å². The minimum atomic E-state index is 0.795. The maximum atomic E-state index is 5.64. The van der Waals surface area contributed by atoms with Crippen molar-refractivity contribution in [1.82, 2.24) is 0 Å². The number of halogens is 1. The Morgan fingerprint density at radius 2 is 0.864 bits per heavy atom. The van der Waals surface area contributed by atoms with Crippen LogP contribution in [0.3, 0.4) is 0 Å². The molecule has 0 aliphatic rings. The van der Waals surface area contributed by atoms with E-state index in [0.29, 0.717) is 0 Å². The molecule has 0 amide bonds. The van der Waals surface area contributed by atoms with E-state index < -0.39 is 0 Å². The Kier molecular flexibility index (Phi) is 21.1. The molecular formula is C21H41Cl. The summed E-state index contributed by atoms with van der Waals surface area (Å²) in [6.45, 7) is 2.29. The molecule has 0 unspecified atom stereocenters. The van der Waals surface area contributed by atoms with E-state index in [1.807, 2.05) is 0 Å². The molecule has 0 nitrogen and oxygen atoms in total. The number of hydrogen-bond acceptors (Lipinski definition) is 0. The van der Waals surface area contributed by atoms with E-state index in [4.69, 9.17) is 11.6 Å². The molecule has 0 saturated heterocycles. The minimum Gasteiger partial charge on any atom is -0.127 e. The third-order valence-electron chi connectivity index (χ3n) is 4.40. The Labute approximate surface area is 146 Å². The normalized spacial score (nSPS) is 11.5. The summed E-state index contributed by atoms with van der Waals surface area (Å²) in [6, 6.07) is 0. The van der Waals surface area contributed by atoms with Crippen molar-refractivity contribution >= 4 is 11.6 Å². The molecule has 0 fully saturated rings. The van der Waals surface area contributed by atoms with Crippen molar-refractivity contribution < 1.29 is 0 Å². The Morgan fingerprint density at radius 3 is 1.27 bits per heavy atom. The molecule has 0 aromatic heterocycles. The molecule has 0 aliphatic heterocycles. The first-order chi connectivity index (χ1) is 10.9. The van der Waals surface area contributed by atoms with Crippen LogP contribution in [0.15, 0.2) is 12.2 Å². The monoisotopic (exact) mass is 328 g/mol. The summed E-state index contributed by atoms with van der Waals surface area (Å²) in [5.74, 6) is 0.795. The molecule has 1 heteroatoms. The Balaban J connectivity index is 2.98. The number of rotatable bonds is 18. The summed E-state index contributed by atoms with van der Waals surface area (Å²) in [4.78, 5) is 0. The molecular weight excluding hydrogens is 288 g/mol. The van der Waals surface area contributed by atoms with Crippen LogP contribution in [0.25, 0.3) is 0 Å². The second kappa shape index (κ2) is 21.0. The second-order valence-electron chi connectivity index (χ2n) is 6.69. The van der Waals surface area contributed by atoms with Gasteiger partial charge < -0.3 is 0 Å². The third kappa shape index (κ3) is 20.0. The Morgan fingerprint density at radius 1 is 0.500 bits per heavy atom. The van der Waals surface area contributed by atoms with Gasteiger partial charge >= 0.3 is 0 Å². The first kappa shape index (κ1) is 22.0. The van der Waals surface area contributed by atoms with Gasteiger partial charge in [0.2, 0.25) is 0 Å². The van der Waals surface area contributed by atoms with Gasteiger partial charge in [-0.15, -0.1) is 11.6 Å². The van der Waals surface area contributed by atoms with E-state index in [2.05, 4.69) is 19.1 Å². The van der Waals surface area contributed by atoms with Gasteiger partial charge in [0.15, 0.2) is 0 Å². The van der Waals surface area contributed by atoms with Gasteiger partial charge in [-0.2, -0.15) is 0 Å². The first-order valence-corrected chi connectivity index (χ1v) is 10.7. The lowest BCUT2D eigenvalue weighted by atomic mass is 10.0. The SMILES string of the molecule is CCCCCCCCCCCCCCCCC=CCCCCl. The fourth-order valence-electron chi connectivity index (χ4n) is 2.89. The van der Waals surface area contributed by atoms with Crippen LogP contribution < -0.4 is 0 Å². The molecule has 0 spiro atoms. The molecule has 22 heavy (non-hydrogen) atoms. The highest BCUT2D eigenvalue weighted by Gasteiger charge is 1.93. The summed E-state index contributed by atoms with van der Waals surface area (Å²) in [6.07, 6.45) is 28.4. The molecule has 0 bridgehead atoms. The van der Waals surface area contributed by atoms with Gasteiger partial charge in [-0.05, 0) is 25.7 Å². The number of hydrogen-bond donors (Lipinski definition) is 0. The molecule has 0 aromatic carbocycles. The number of unbranched alkanes of at least 4 members (excludes halogenated alkanes) is 15. The molecule has 0 saturated carbocycles. The van der Waals surface area contributed by atoms with Crippen molar-refractivity contribution in [3.8, 4) is 0 Å². The van der Waals surface area contributed by atoms with Crippen molar-refractivity contribution in [2.24, 2.45) is 0 Å². The quantitative estimate of drug-likeness (QED) is 0.134. The van der Waals surface area contributed by atoms with Crippen molar-refractivity contribution in [3.05, 3.63) is 12.2 Å². The smallest absolute Gasteiger partial charge is 0.0226 e. The first-order valence-electron chi connectivity index (χ1n) is 10.1. The van der Waals surface area contributed by atoms with Crippen molar-refractivity contribution in [2.45, 2.75) is 116 Å². The fourth-order valence-corrected chi connectivity index (χ4v) is 3.04. The van der Waals surface area contributed by atoms with Gasteiger partial charge in [0.25, 0.3) is 0 Å². The number of allylic oxidation sites excluding steroid dienone is 2. The van der Waals surface area contributed by atoms with E-state index in [1.165, 1.54) is 96.3 Å². The third-order valence-corrected chi connectivity index (χ3v) is 4.66. The summed E-state index contributed by atoms with van der Waals surface area (Å²) in [7, 11) is 0. The molecule has 0 aliphatic carbocycles. The summed E-state index contributed by atoms with van der Waals surface area (Å²) >= 11 is 5.64. The zero-order valence-corrected chi connectivity index (χ0v) is 16.0. The van der Waals surface area contributed by atoms with Crippen molar-refractivity contribution in [2.75, 3.05) is 5.88 Å². The number of alkyl halides is 1. The highest BCUT2D eigenvalue weighted by Crippen LogP contribution is 2.13. The standard InChI is InChI=1S/C21H41Cl/c1-2-3-4-5-6-7-8-9-10-11-12-13-14-15-16-17-18-19-20-21-22/h17-18H,2-16,19-21H2,1H3. The van der Waals surface area contributed by atoms with Gasteiger partial charge in [0.05, 0.1) is 0 Å². The van der Waals surface area contributed by atoms with Crippen LogP contribution in [0, 0.1) is 0 Å². The lowest BCUT2D eigenvalue weighted by Gasteiger charge is -2.02. The zero-order chi connectivity index (χ0) is 16.1. The van der Waals surface area contributed by atoms with Gasteiger partial charge in [-0.25, -0.2) is 0 Å². The van der Waals surface area contributed by atoms with Crippen LogP contribution in [0.1, 0.15) is 116 Å². The van der Waals surface area contributed by atoms with Crippen molar-refractivity contribution in [1.29, 1.82) is 0 Å². The van der Waals surface area contributed by atoms with Gasteiger partial charge in [0.1, 0.15) is 0 Å². The molecule has 132 valence electrons. The maximum Gasteiger partial charge on any atom is 0.0226 e. The molecule has 0 aromatic rings. The van der Waals surface area contributed by atoms with E-state index in [9.17, 15) is 0 Å². The van der Waals surface area contributed by atoms with E-state index in [-0.39, 0.29) is 0 Å². The van der Waals surface area contributed by atoms with Gasteiger partial charge in [-0.3, -0.25) is 0 Å². The Bertz CT molecular complexity index is 210. The highest BCUT2D eigenvalue weighted by atomic mass is 35.5. The molecule has 0 N–H and O–H groups in total. The molecule has 0 rings (SSSR count). The van der Waals surface area contributed by atoms with E-state index in [0.717, 1.165) is 18.7 Å². The summed E-state index contributed by atoms with van der Waals surface area (Å²) in [5, 5.41) is 0. The fraction of sp³-hybridized carbons (Fsp3) is 0.905. The minimum absolute atomic E-state index is 0.795.